The zero-order chi connectivity index (χ0) is 31.5. The predicted octanol–water partition coefficient (Wildman–Crippen LogP) is 6.81. The van der Waals surface area contributed by atoms with Gasteiger partial charge in [-0.1, -0.05) is 95.9 Å². The van der Waals surface area contributed by atoms with Gasteiger partial charge in [0.2, 0.25) is 5.13 Å². The molecule has 0 saturated carbocycles. The number of fused-ring (bicyclic) bond motifs is 1. The summed E-state index contributed by atoms with van der Waals surface area (Å²) in [5.74, 6) is 0.225. The molecular formula is C35H27N3O6S2. The summed E-state index contributed by atoms with van der Waals surface area (Å²) < 4.78 is 18.1. The van der Waals surface area contributed by atoms with Crippen LogP contribution in [-0.4, -0.2) is 40.2 Å². The summed E-state index contributed by atoms with van der Waals surface area (Å²) in [5.41, 5.74) is 2.93. The lowest BCUT2D eigenvalue weighted by Gasteiger charge is -2.23. The van der Waals surface area contributed by atoms with E-state index in [1.165, 1.54) is 28.0 Å². The van der Waals surface area contributed by atoms with Crippen molar-refractivity contribution >= 4 is 45.7 Å². The van der Waals surface area contributed by atoms with Crippen molar-refractivity contribution in [1.29, 1.82) is 0 Å². The zero-order valence-electron chi connectivity index (χ0n) is 24.4. The Morgan fingerprint density at radius 3 is 2.39 bits per heavy atom. The van der Waals surface area contributed by atoms with Gasteiger partial charge in [-0.25, -0.2) is 0 Å². The second kappa shape index (κ2) is 13.1. The van der Waals surface area contributed by atoms with Gasteiger partial charge in [-0.2, -0.15) is 0 Å². The first-order valence-corrected chi connectivity index (χ1v) is 16.3. The first kappa shape index (κ1) is 29.6. The van der Waals surface area contributed by atoms with Gasteiger partial charge < -0.3 is 19.3 Å². The van der Waals surface area contributed by atoms with Crippen LogP contribution < -0.4 is 19.1 Å². The third-order valence-electron chi connectivity index (χ3n) is 7.49. The van der Waals surface area contributed by atoms with E-state index in [2.05, 4.69) is 10.2 Å². The molecule has 1 atom stereocenters. The highest BCUT2D eigenvalue weighted by atomic mass is 32.2. The van der Waals surface area contributed by atoms with Crippen LogP contribution in [0.1, 0.15) is 28.3 Å². The molecule has 7 rings (SSSR count). The van der Waals surface area contributed by atoms with Crippen molar-refractivity contribution < 1.29 is 28.9 Å². The van der Waals surface area contributed by atoms with Crippen molar-refractivity contribution in [2.24, 2.45) is 0 Å². The number of Topliss-reactive ketones (excluding diaryl/α,β-unsaturated/α-hetero) is 1. The minimum atomic E-state index is -0.992. The average Bonchev–Trinajstić information content (AvgIpc) is 3.68. The van der Waals surface area contributed by atoms with Crippen LogP contribution >= 0.6 is 23.1 Å². The van der Waals surface area contributed by atoms with Crippen LogP contribution in [0.2, 0.25) is 0 Å². The molecule has 2 aliphatic rings. The predicted molar refractivity (Wildman–Crippen MR) is 175 cm³/mol. The van der Waals surface area contributed by atoms with Crippen molar-refractivity contribution in [3.63, 3.8) is 0 Å². The number of rotatable bonds is 9. The molecule has 1 N–H and O–H groups in total. The van der Waals surface area contributed by atoms with Crippen LogP contribution in [0.15, 0.2) is 113 Å². The molecule has 1 amide bonds. The molecule has 1 saturated heterocycles. The number of hydrogen-bond donors (Lipinski definition) is 1. The van der Waals surface area contributed by atoms with E-state index in [0.29, 0.717) is 58.3 Å². The average molecular weight is 650 g/mol. The van der Waals surface area contributed by atoms with E-state index in [1.54, 1.807) is 36.4 Å². The van der Waals surface area contributed by atoms with Crippen molar-refractivity contribution in [2.45, 2.75) is 22.7 Å². The van der Waals surface area contributed by atoms with E-state index in [-0.39, 0.29) is 16.5 Å². The molecule has 2 aliphatic heterocycles. The van der Waals surface area contributed by atoms with E-state index < -0.39 is 17.7 Å². The molecule has 46 heavy (non-hydrogen) atoms. The van der Waals surface area contributed by atoms with E-state index in [1.807, 2.05) is 66.7 Å². The Morgan fingerprint density at radius 1 is 0.870 bits per heavy atom. The third-order valence-corrected chi connectivity index (χ3v) is 9.62. The maximum atomic E-state index is 13.7. The number of amides is 1. The summed E-state index contributed by atoms with van der Waals surface area (Å²) in [6.45, 7) is 1.11. The van der Waals surface area contributed by atoms with Crippen LogP contribution in [-0.2, 0) is 21.9 Å². The van der Waals surface area contributed by atoms with Crippen molar-refractivity contribution in [3.8, 4) is 17.2 Å². The van der Waals surface area contributed by atoms with Gasteiger partial charge in [0.15, 0.2) is 15.8 Å². The van der Waals surface area contributed by atoms with Gasteiger partial charge in [0, 0.05) is 11.3 Å². The van der Waals surface area contributed by atoms with Gasteiger partial charge in [0.05, 0.1) is 11.6 Å². The molecule has 1 fully saturated rings. The molecule has 4 aromatic carbocycles. The number of carbonyl (C=O) groups is 2. The lowest BCUT2D eigenvalue weighted by molar-refractivity contribution is -0.132. The number of hydrogen-bond acceptors (Lipinski definition) is 10. The SMILES string of the molecule is O=C1C(=O)N(c2nnc(SCc3ccccc3)s2)[C@@H](c2cccc(OCc3ccccc3)c2)C1=C(O)c1ccc2c(c1)OCCO2. The number of aliphatic hydroxyl groups is 1. The highest BCUT2D eigenvalue weighted by Crippen LogP contribution is 2.45. The summed E-state index contributed by atoms with van der Waals surface area (Å²) >= 11 is 2.71. The zero-order valence-corrected chi connectivity index (χ0v) is 26.0. The fourth-order valence-corrected chi connectivity index (χ4v) is 7.11. The molecule has 11 heteroatoms. The smallest absolute Gasteiger partial charge is 0.301 e. The number of ketones is 1. The number of anilines is 1. The summed E-state index contributed by atoms with van der Waals surface area (Å²) in [6, 6.07) is 30.8. The summed E-state index contributed by atoms with van der Waals surface area (Å²) in [4.78, 5) is 28.8. The Morgan fingerprint density at radius 2 is 1.61 bits per heavy atom. The monoisotopic (exact) mass is 649 g/mol. The number of aromatic nitrogens is 2. The Labute approximate surface area is 273 Å². The molecule has 9 nitrogen and oxygen atoms in total. The summed E-state index contributed by atoms with van der Waals surface area (Å²) in [7, 11) is 0. The normalized spacial score (nSPS) is 16.9. The van der Waals surface area contributed by atoms with E-state index in [9.17, 15) is 14.7 Å². The summed E-state index contributed by atoms with van der Waals surface area (Å²) in [6.07, 6.45) is 0. The van der Waals surface area contributed by atoms with Crippen LogP contribution in [0.4, 0.5) is 5.13 Å². The number of nitrogens with zero attached hydrogens (tertiary/aromatic N) is 3. The van der Waals surface area contributed by atoms with Gasteiger partial charge in [-0.15, -0.1) is 10.2 Å². The minimum absolute atomic E-state index is 0.0735. The Bertz CT molecular complexity index is 1930. The van der Waals surface area contributed by atoms with Crippen molar-refractivity contribution in [2.75, 3.05) is 18.1 Å². The Balaban J connectivity index is 1.26. The standard InChI is InChI=1S/C35H27N3O6S2/c39-31(25-14-15-27-28(19-25)43-17-16-42-27)29-30(24-12-7-13-26(18-24)44-20-22-8-3-1-4-9-22)38(33(41)32(29)40)34-36-37-35(46-34)45-21-23-10-5-2-6-11-23/h1-15,18-19,30,39H,16-17,20-21H2/t30-/m0/s1. The van der Waals surface area contributed by atoms with Crippen LogP contribution in [0, 0.1) is 0 Å². The number of aliphatic hydroxyl groups excluding tert-OH is 1. The molecule has 5 aromatic rings. The first-order valence-electron chi connectivity index (χ1n) is 14.5. The maximum Gasteiger partial charge on any atom is 0.301 e. The topological polar surface area (TPSA) is 111 Å². The molecule has 0 spiro atoms. The van der Waals surface area contributed by atoms with E-state index >= 15 is 0 Å². The van der Waals surface area contributed by atoms with Gasteiger partial charge in [0.25, 0.3) is 5.78 Å². The van der Waals surface area contributed by atoms with Gasteiger partial charge in [0.1, 0.15) is 31.3 Å². The first-order chi connectivity index (χ1) is 22.5. The molecule has 0 unspecified atom stereocenters. The number of carbonyl (C=O) groups excluding carboxylic acids is 2. The Hall–Kier alpha value is -5.13. The van der Waals surface area contributed by atoms with E-state index in [4.69, 9.17) is 14.2 Å². The summed E-state index contributed by atoms with van der Waals surface area (Å²) in [5, 5.41) is 20.5. The molecular weight excluding hydrogens is 623 g/mol. The Kier molecular flexibility index (Phi) is 8.41. The van der Waals surface area contributed by atoms with E-state index in [0.717, 1.165) is 11.1 Å². The molecule has 3 heterocycles. The molecule has 1 aromatic heterocycles. The number of benzene rings is 4. The van der Waals surface area contributed by atoms with Crippen LogP contribution in [0.3, 0.4) is 0 Å². The lowest BCUT2D eigenvalue weighted by Crippen LogP contribution is -2.29. The van der Waals surface area contributed by atoms with Crippen molar-refractivity contribution in [3.05, 3.63) is 131 Å². The molecule has 0 bridgehead atoms. The van der Waals surface area contributed by atoms with Crippen LogP contribution in [0.25, 0.3) is 5.76 Å². The molecule has 0 radical (unpaired) electrons. The minimum Gasteiger partial charge on any atom is -0.507 e. The second-order valence-corrected chi connectivity index (χ2v) is 12.7. The highest BCUT2D eigenvalue weighted by Gasteiger charge is 2.48. The third kappa shape index (κ3) is 6.07. The molecule has 230 valence electrons. The molecule has 0 aliphatic carbocycles. The second-order valence-electron chi connectivity index (χ2n) is 10.5. The van der Waals surface area contributed by atoms with Gasteiger partial charge in [-0.05, 0) is 47.0 Å². The van der Waals surface area contributed by atoms with Crippen molar-refractivity contribution in [1.82, 2.24) is 10.2 Å². The van der Waals surface area contributed by atoms with Gasteiger partial charge in [-0.3, -0.25) is 14.5 Å². The lowest BCUT2D eigenvalue weighted by atomic mass is 9.95. The quantitative estimate of drug-likeness (QED) is 0.0606. The maximum absolute atomic E-state index is 13.7. The fraction of sp³-hybridized carbons (Fsp3) is 0.143. The highest BCUT2D eigenvalue weighted by molar-refractivity contribution is 8.00. The fourth-order valence-electron chi connectivity index (χ4n) is 5.28. The number of thioether (sulfide) groups is 1. The number of ether oxygens (including phenoxy) is 3. The van der Waals surface area contributed by atoms with Crippen LogP contribution in [0.5, 0.6) is 17.2 Å². The largest absolute Gasteiger partial charge is 0.507 e. The van der Waals surface area contributed by atoms with Gasteiger partial charge >= 0.3 is 5.91 Å².